The zero-order valence-electron chi connectivity index (χ0n) is 12.8. The summed E-state index contributed by atoms with van der Waals surface area (Å²) in [7, 11) is 0. The minimum Gasteiger partial charge on any atom is -0.508 e. The lowest BCUT2D eigenvalue weighted by Crippen LogP contribution is -2.49. The van der Waals surface area contributed by atoms with Gasteiger partial charge in [0.15, 0.2) is 0 Å². The van der Waals surface area contributed by atoms with Gasteiger partial charge in [0.2, 0.25) is 0 Å². The first-order valence-corrected chi connectivity index (χ1v) is 7.86. The molecule has 4 nitrogen and oxygen atoms in total. The standard InChI is InChI=1S/C15H22Cl2N2O2.ClH/c1-15(2,9-20)14(19-5-3-18-4-6-19)13-11(17)7-10(16)8-12(13)21;/h7-8,14,18,20-21H,3-6,9H2,1-2H3;1H/t14-;/m1./s1. The van der Waals surface area contributed by atoms with Crippen LogP contribution in [0.25, 0.3) is 0 Å². The van der Waals surface area contributed by atoms with Gasteiger partial charge in [0.1, 0.15) is 5.75 Å². The molecule has 3 N–H and O–H groups in total. The zero-order chi connectivity index (χ0) is 15.6. The van der Waals surface area contributed by atoms with Crippen LogP contribution in [0.5, 0.6) is 5.75 Å². The van der Waals surface area contributed by atoms with E-state index in [4.69, 9.17) is 23.2 Å². The van der Waals surface area contributed by atoms with Crippen LogP contribution in [0.4, 0.5) is 0 Å². The van der Waals surface area contributed by atoms with E-state index in [2.05, 4.69) is 10.2 Å². The molecule has 126 valence electrons. The lowest BCUT2D eigenvalue weighted by Gasteiger charge is -2.44. The van der Waals surface area contributed by atoms with Gasteiger partial charge in [0.25, 0.3) is 0 Å². The van der Waals surface area contributed by atoms with E-state index < -0.39 is 5.41 Å². The van der Waals surface area contributed by atoms with Crippen LogP contribution in [-0.2, 0) is 0 Å². The van der Waals surface area contributed by atoms with Crippen molar-refractivity contribution in [3.63, 3.8) is 0 Å². The van der Waals surface area contributed by atoms with Crippen molar-refractivity contribution < 1.29 is 10.2 Å². The molecule has 0 saturated carbocycles. The van der Waals surface area contributed by atoms with Crippen molar-refractivity contribution in [3.8, 4) is 5.75 Å². The van der Waals surface area contributed by atoms with Crippen LogP contribution in [-0.4, -0.2) is 47.9 Å². The normalized spacial score (nSPS) is 17.9. The van der Waals surface area contributed by atoms with Gasteiger partial charge < -0.3 is 15.5 Å². The maximum absolute atomic E-state index is 10.3. The van der Waals surface area contributed by atoms with Crippen LogP contribution < -0.4 is 5.32 Å². The molecule has 1 fully saturated rings. The van der Waals surface area contributed by atoms with E-state index in [9.17, 15) is 10.2 Å². The van der Waals surface area contributed by atoms with Crippen molar-refractivity contribution >= 4 is 35.6 Å². The Balaban J connectivity index is 0.00000242. The molecule has 0 unspecified atom stereocenters. The summed E-state index contributed by atoms with van der Waals surface area (Å²) in [6.45, 7) is 7.39. The SMILES string of the molecule is CC(C)(CO)[C@@H](c1c(O)cc(Cl)cc1Cl)N1CCNCC1.Cl. The molecule has 22 heavy (non-hydrogen) atoms. The highest BCUT2D eigenvalue weighted by atomic mass is 35.5. The summed E-state index contributed by atoms with van der Waals surface area (Å²) < 4.78 is 0. The van der Waals surface area contributed by atoms with E-state index in [1.807, 2.05) is 13.8 Å². The average Bonchev–Trinajstić information content (AvgIpc) is 2.43. The summed E-state index contributed by atoms with van der Waals surface area (Å²) in [6, 6.07) is 2.97. The molecule has 0 radical (unpaired) electrons. The van der Waals surface area contributed by atoms with Gasteiger partial charge in [0.05, 0.1) is 5.02 Å². The molecule has 1 heterocycles. The maximum atomic E-state index is 10.3. The molecule has 1 aliphatic rings. The summed E-state index contributed by atoms with van der Waals surface area (Å²) in [5.74, 6) is 0.0811. The number of piperazine rings is 1. The fourth-order valence-corrected chi connectivity index (χ4v) is 3.52. The molecule has 7 heteroatoms. The molecular weight excluding hydrogens is 347 g/mol. The fourth-order valence-electron chi connectivity index (χ4n) is 2.94. The van der Waals surface area contributed by atoms with E-state index in [-0.39, 0.29) is 30.8 Å². The summed E-state index contributed by atoms with van der Waals surface area (Å²) in [6.07, 6.45) is 0. The van der Waals surface area contributed by atoms with Crippen LogP contribution in [0, 0.1) is 5.41 Å². The van der Waals surface area contributed by atoms with Gasteiger partial charge in [-0.15, -0.1) is 12.4 Å². The van der Waals surface area contributed by atoms with Crippen molar-refractivity contribution in [1.29, 1.82) is 0 Å². The summed E-state index contributed by atoms with van der Waals surface area (Å²) in [5, 5.41) is 24.3. The number of aromatic hydroxyl groups is 1. The number of aliphatic hydroxyl groups excluding tert-OH is 1. The minimum atomic E-state index is -0.438. The van der Waals surface area contributed by atoms with Gasteiger partial charge in [-0.3, -0.25) is 4.90 Å². The number of benzene rings is 1. The van der Waals surface area contributed by atoms with Crippen molar-refractivity contribution in [2.45, 2.75) is 19.9 Å². The summed E-state index contributed by atoms with van der Waals surface area (Å²) in [4.78, 5) is 2.25. The van der Waals surface area contributed by atoms with Crippen molar-refractivity contribution in [3.05, 3.63) is 27.7 Å². The Labute approximate surface area is 147 Å². The van der Waals surface area contributed by atoms with Gasteiger partial charge in [0, 0.05) is 54.8 Å². The second-order valence-corrected chi connectivity index (χ2v) is 7.00. The highest BCUT2D eigenvalue weighted by Crippen LogP contribution is 2.45. The van der Waals surface area contributed by atoms with Crippen molar-refractivity contribution in [2.24, 2.45) is 5.41 Å². The quantitative estimate of drug-likeness (QED) is 0.763. The Kier molecular flexibility index (Phi) is 7.24. The van der Waals surface area contributed by atoms with E-state index in [1.54, 1.807) is 6.07 Å². The molecule has 0 bridgehead atoms. The van der Waals surface area contributed by atoms with Crippen molar-refractivity contribution in [1.82, 2.24) is 10.2 Å². The van der Waals surface area contributed by atoms with Crippen LogP contribution in [0.1, 0.15) is 25.5 Å². The molecule has 2 rings (SSSR count). The number of hydrogen-bond acceptors (Lipinski definition) is 4. The number of nitrogens with one attached hydrogen (secondary N) is 1. The average molecular weight is 370 g/mol. The van der Waals surface area contributed by atoms with Gasteiger partial charge in [-0.05, 0) is 12.1 Å². The second-order valence-electron chi connectivity index (χ2n) is 6.16. The Hall–Kier alpha value is -0.230. The van der Waals surface area contributed by atoms with Crippen LogP contribution in [0.2, 0.25) is 10.0 Å². The Morgan fingerprint density at radius 3 is 2.36 bits per heavy atom. The summed E-state index contributed by atoms with van der Waals surface area (Å²) in [5.41, 5.74) is 0.203. The highest BCUT2D eigenvalue weighted by molar-refractivity contribution is 6.35. The number of rotatable bonds is 4. The van der Waals surface area contributed by atoms with E-state index >= 15 is 0 Å². The Morgan fingerprint density at radius 1 is 1.27 bits per heavy atom. The molecule has 1 saturated heterocycles. The smallest absolute Gasteiger partial charge is 0.123 e. The van der Waals surface area contributed by atoms with E-state index in [0.29, 0.717) is 15.6 Å². The van der Waals surface area contributed by atoms with Crippen LogP contribution >= 0.6 is 35.6 Å². The molecule has 0 aliphatic carbocycles. The lowest BCUT2D eigenvalue weighted by atomic mass is 9.79. The highest BCUT2D eigenvalue weighted by Gasteiger charge is 2.38. The number of hydrogen-bond donors (Lipinski definition) is 3. The predicted octanol–water partition coefficient (Wildman–Crippen LogP) is 3.09. The lowest BCUT2D eigenvalue weighted by molar-refractivity contribution is 0.0293. The van der Waals surface area contributed by atoms with Crippen LogP contribution in [0.3, 0.4) is 0 Å². The van der Waals surface area contributed by atoms with Crippen LogP contribution in [0.15, 0.2) is 12.1 Å². The second kappa shape index (κ2) is 8.04. The molecule has 0 amide bonds. The number of phenols is 1. The molecule has 1 atom stereocenters. The zero-order valence-corrected chi connectivity index (χ0v) is 15.1. The first-order valence-electron chi connectivity index (χ1n) is 7.10. The Bertz CT molecular complexity index is 483. The fraction of sp³-hybridized carbons (Fsp3) is 0.600. The molecular formula is C15H23Cl3N2O2. The third-order valence-electron chi connectivity index (χ3n) is 4.01. The maximum Gasteiger partial charge on any atom is 0.123 e. The topological polar surface area (TPSA) is 55.7 Å². The Morgan fingerprint density at radius 2 is 1.86 bits per heavy atom. The van der Waals surface area contributed by atoms with E-state index in [0.717, 1.165) is 26.2 Å². The number of nitrogens with zero attached hydrogens (tertiary/aromatic N) is 1. The first kappa shape index (κ1) is 19.8. The third kappa shape index (κ3) is 4.19. The molecule has 0 spiro atoms. The van der Waals surface area contributed by atoms with Gasteiger partial charge in [-0.25, -0.2) is 0 Å². The molecule has 1 aliphatic heterocycles. The minimum absolute atomic E-state index is 0. The molecule has 1 aromatic carbocycles. The largest absolute Gasteiger partial charge is 0.508 e. The van der Waals surface area contributed by atoms with Gasteiger partial charge >= 0.3 is 0 Å². The monoisotopic (exact) mass is 368 g/mol. The predicted molar refractivity (Wildman–Crippen MR) is 93.4 cm³/mol. The van der Waals surface area contributed by atoms with Crippen molar-refractivity contribution in [2.75, 3.05) is 32.8 Å². The summed E-state index contributed by atoms with van der Waals surface area (Å²) >= 11 is 12.3. The van der Waals surface area contributed by atoms with Gasteiger partial charge in [-0.1, -0.05) is 37.0 Å². The number of aliphatic hydroxyl groups is 1. The van der Waals surface area contributed by atoms with Gasteiger partial charge in [-0.2, -0.15) is 0 Å². The third-order valence-corrected chi connectivity index (χ3v) is 4.54. The molecule has 0 aromatic heterocycles. The number of phenolic OH excluding ortho intramolecular Hbond substituents is 1. The number of halogens is 3. The molecule has 1 aromatic rings. The first-order chi connectivity index (χ1) is 9.86. The van der Waals surface area contributed by atoms with E-state index in [1.165, 1.54) is 6.07 Å².